The van der Waals surface area contributed by atoms with Gasteiger partial charge in [-0.2, -0.15) is 0 Å². The molecule has 4 heteroatoms. The van der Waals surface area contributed by atoms with E-state index in [0.29, 0.717) is 11.8 Å². The summed E-state index contributed by atoms with van der Waals surface area (Å²) in [5.74, 6) is 2.22. The first-order valence-electron chi connectivity index (χ1n) is 7.88. The van der Waals surface area contributed by atoms with Crippen LogP contribution in [0.3, 0.4) is 0 Å². The van der Waals surface area contributed by atoms with Gasteiger partial charge < -0.3 is 10.4 Å². The standard InChI is InChI=1S/C16H25NO3/c1-16(2,15(19)20)8-17-14(18)13-11-4-9-3-10(6-11)7-12(13)5-9/h9-13H,3-8H2,1-2H3,(H,17,18)(H,19,20). The van der Waals surface area contributed by atoms with Crippen molar-refractivity contribution in [1.82, 2.24) is 5.32 Å². The summed E-state index contributed by atoms with van der Waals surface area (Å²) in [6, 6.07) is 0. The summed E-state index contributed by atoms with van der Waals surface area (Å²) in [6.07, 6.45) is 6.25. The van der Waals surface area contributed by atoms with Crippen LogP contribution in [0.5, 0.6) is 0 Å². The minimum Gasteiger partial charge on any atom is -0.481 e. The molecule has 20 heavy (non-hydrogen) atoms. The Bertz CT molecular complexity index is 401. The smallest absolute Gasteiger partial charge is 0.310 e. The molecule has 0 atom stereocenters. The zero-order chi connectivity index (χ0) is 14.5. The van der Waals surface area contributed by atoms with Crippen LogP contribution in [0.1, 0.15) is 46.0 Å². The Hall–Kier alpha value is -1.06. The minimum absolute atomic E-state index is 0.105. The summed E-state index contributed by atoms with van der Waals surface area (Å²) < 4.78 is 0. The van der Waals surface area contributed by atoms with Gasteiger partial charge in [-0.15, -0.1) is 0 Å². The molecule has 4 saturated carbocycles. The van der Waals surface area contributed by atoms with Crippen LogP contribution in [0.25, 0.3) is 0 Å². The second kappa shape index (κ2) is 4.74. The molecule has 4 fully saturated rings. The summed E-state index contributed by atoms with van der Waals surface area (Å²) in [5, 5.41) is 12.0. The molecule has 0 radical (unpaired) electrons. The molecule has 4 nitrogen and oxygen atoms in total. The Balaban J connectivity index is 1.62. The molecule has 4 aliphatic rings. The molecule has 2 N–H and O–H groups in total. The van der Waals surface area contributed by atoms with Gasteiger partial charge >= 0.3 is 5.97 Å². The molecule has 4 bridgehead atoms. The van der Waals surface area contributed by atoms with E-state index in [4.69, 9.17) is 5.11 Å². The van der Waals surface area contributed by atoms with Crippen LogP contribution in [0.4, 0.5) is 0 Å². The Labute approximate surface area is 120 Å². The highest BCUT2D eigenvalue weighted by molar-refractivity contribution is 5.81. The van der Waals surface area contributed by atoms with E-state index in [1.54, 1.807) is 13.8 Å². The zero-order valence-corrected chi connectivity index (χ0v) is 12.4. The number of hydrogen-bond donors (Lipinski definition) is 2. The highest BCUT2D eigenvalue weighted by Crippen LogP contribution is 2.56. The summed E-state index contributed by atoms with van der Waals surface area (Å²) in [4.78, 5) is 23.6. The SMILES string of the molecule is CC(C)(CNC(=O)C1C2CC3CC(C2)CC1C3)C(=O)O. The lowest BCUT2D eigenvalue weighted by Crippen LogP contribution is -2.52. The number of rotatable bonds is 4. The average Bonchev–Trinajstić information content (AvgIpc) is 2.35. The minimum atomic E-state index is -0.887. The second-order valence-corrected chi connectivity index (χ2v) is 7.86. The zero-order valence-electron chi connectivity index (χ0n) is 12.4. The van der Waals surface area contributed by atoms with Crippen molar-refractivity contribution >= 4 is 11.9 Å². The monoisotopic (exact) mass is 279 g/mol. The molecule has 0 unspecified atom stereocenters. The van der Waals surface area contributed by atoms with Crippen LogP contribution in [0, 0.1) is 35.0 Å². The molecule has 0 aliphatic heterocycles. The predicted octanol–water partition coefficient (Wildman–Crippen LogP) is 2.29. The molecule has 0 aromatic carbocycles. The van der Waals surface area contributed by atoms with E-state index < -0.39 is 11.4 Å². The summed E-state index contributed by atoms with van der Waals surface area (Å²) in [7, 11) is 0. The van der Waals surface area contributed by atoms with Gasteiger partial charge in [0.1, 0.15) is 0 Å². The van der Waals surface area contributed by atoms with Crippen molar-refractivity contribution in [2.75, 3.05) is 6.54 Å². The van der Waals surface area contributed by atoms with Gasteiger partial charge in [-0.05, 0) is 69.6 Å². The number of aliphatic carboxylic acids is 1. The topological polar surface area (TPSA) is 66.4 Å². The largest absolute Gasteiger partial charge is 0.481 e. The Kier molecular flexibility index (Phi) is 3.30. The highest BCUT2D eigenvalue weighted by atomic mass is 16.4. The molecule has 1 amide bonds. The first-order chi connectivity index (χ1) is 9.37. The van der Waals surface area contributed by atoms with Crippen LogP contribution in [0.15, 0.2) is 0 Å². The number of nitrogens with one attached hydrogen (secondary N) is 1. The molecule has 4 rings (SSSR count). The predicted molar refractivity (Wildman–Crippen MR) is 75.0 cm³/mol. The summed E-state index contributed by atoms with van der Waals surface area (Å²) >= 11 is 0. The van der Waals surface area contributed by atoms with Gasteiger partial charge in [0.15, 0.2) is 0 Å². The molecule has 4 aliphatic carbocycles. The molecular weight excluding hydrogens is 254 g/mol. The molecule has 0 saturated heterocycles. The lowest BCUT2D eigenvalue weighted by atomic mass is 9.51. The number of carbonyl (C=O) groups is 2. The van der Waals surface area contributed by atoms with Crippen molar-refractivity contribution in [2.45, 2.75) is 46.0 Å². The number of hydrogen-bond acceptors (Lipinski definition) is 2. The molecule has 0 aromatic rings. The van der Waals surface area contributed by atoms with Crippen molar-refractivity contribution < 1.29 is 14.7 Å². The fraction of sp³-hybridized carbons (Fsp3) is 0.875. The van der Waals surface area contributed by atoms with Gasteiger partial charge in [-0.25, -0.2) is 0 Å². The van der Waals surface area contributed by atoms with E-state index in [1.807, 2.05) is 0 Å². The van der Waals surface area contributed by atoms with Gasteiger partial charge in [0, 0.05) is 12.5 Å². The van der Waals surface area contributed by atoms with E-state index in [9.17, 15) is 9.59 Å². The Morgan fingerprint density at radius 3 is 2.00 bits per heavy atom. The van der Waals surface area contributed by atoms with Gasteiger partial charge in [-0.1, -0.05) is 0 Å². The molecular formula is C16H25NO3. The van der Waals surface area contributed by atoms with Crippen molar-refractivity contribution in [3.63, 3.8) is 0 Å². The van der Waals surface area contributed by atoms with Crippen LogP contribution < -0.4 is 5.32 Å². The third-order valence-corrected chi connectivity index (χ3v) is 5.81. The van der Waals surface area contributed by atoms with Gasteiger partial charge in [0.05, 0.1) is 5.41 Å². The molecule has 0 aromatic heterocycles. The fourth-order valence-electron chi connectivity index (χ4n) is 4.85. The van der Waals surface area contributed by atoms with E-state index >= 15 is 0 Å². The number of amides is 1. The number of carboxylic acids is 1. The fourth-order valence-corrected chi connectivity index (χ4v) is 4.85. The van der Waals surface area contributed by atoms with E-state index in [1.165, 1.54) is 32.1 Å². The van der Waals surface area contributed by atoms with Crippen molar-refractivity contribution in [2.24, 2.45) is 35.0 Å². The maximum absolute atomic E-state index is 12.5. The lowest BCUT2D eigenvalue weighted by Gasteiger charge is -2.53. The number of carboxylic acid groups (broad SMARTS) is 1. The Morgan fingerprint density at radius 2 is 1.55 bits per heavy atom. The van der Waals surface area contributed by atoms with Gasteiger partial charge in [0.2, 0.25) is 5.91 Å². The third kappa shape index (κ3) is 2.33. The first-order valence-corrected chi connectivity index (χ1v) is 7.88. The van der Waals surface area contributed by atoms with Crippen molar-refractivity contribution in [3.05, 3.63) is 0 Å². The number of carbonyl (C=O) groups excluding carboxylic acids is 1. The summed E-state index contributed by atoms with van der Waals surface area (Å²) in [5.41, 5.74) is -0.887. The highest BCUT2D eigenvalue weighted by Gasteiger charge is 2.50. The van der Waals surface area contributed by atoms with Crippen LogP contribution in [-0.4, -0.2) is 23.5 Å². The Morgan fingerprint density at radius 1 is 1.05 bits per heavy atom. The van der Waals surface area contributed by atoms with Crippen LogP contribution in [0.2, 0.25) is 0 Å². The third-order valence-electron chi connectivity index (χ3n) is 5.81. The van der Waals surface area contributed by atoms with E-state index in [2.05, 4.69) is 5.32 Å². The van der Waals surface area contributed by atoms with E-state index in [0.717, 1.165) is 11.8 Å². The molecule has 112 valence electrons. The van der Waals surface area contributed by atoms with Gasteiger partial charge in [0.25, 0.3) is 0 Å². The van der Waals surface area contributed by atoms with Crippen LogP contribution >= 0.6 is 0 Å². The average molecular weight is 279 g/mol. The van der Waals surface area contributed by atoms with Gasteiger partial charge in [-0.3, -0.25) is 9.59 Å². The second-order valence-electron chi connectivity index (χ2n) is 7.86. The van der Waals surface area contributed by atoms with E-state index in [-0.39, 0.29) is 18.4 Å². The molecule has 0 heterocycles. The first kappa shape index (κ1) is 13.9. The van der Waals surface area contributed by atoms with Crippen molar-refractivity contribution in [1.29, 1.82) is 0 Å². The quantitative estimate of drug-likeness (QED) is 0.829. The molecule has 0 spiro atoms. The lowest BCUT2D eigenvalue weighted by molar-refractivity contribution is -0.147. The maximum Gasteiger partial charge on any atom is 0.310 e. The van der Waals surface area contributed by atoms with Crippen LogP contribution in [-0.2, 0) is 9.59 Å². The summed E-state index contributed by atoms with van der Waals surface area (Å²) in [6.45, 7) is 3.54. The van der Waals surface area contributed by atoms with Crippen molar-refractivity contribution in [3.8, 4) is 0 Å². The maximum atomic E-state index is 12.5. The normalized spacial score (nSPS) is 38.8.